The first kappa shape index (κ1) is 13.3. The molecule has 5 nitrogen and oxygen atoms in total. The topological polar surface area (TPSA) is 69.4 Å². The molecule has 0 aliphatic carbocycles. The number of nitrogen functional groups attached to an aromatic ring is 1. The molecular weight excluding hydrogens is 266 g/mol. The summed E-state index contributed by atoms with van der Waals surface area (Å²) in [6.07, 6.45) is 3.24. The van der Waals surface area contributed by atoms with E-state index in [2.05, 4.69) is 10.3 Å². The van der Waals surface area contributed by atoms with Crippen LogP contribution in [0.1, 0.15) is 0 Å². The van der Waals surface area contributed by atoms with Gasteiger partial charge in [-0.15, -0.1) is 0 Å². The second kappa shape index (κ2) is 5.67. The van der Waals surface area contributed by atoms with Crippen LogP contribution in [-0.2, 0) is 0 Å². The summed E-state index contributed by atoms with van der Waals surface area (Å²) in [5, 5.41) is 3.64. The molecule has 2 aromatic rings. The lowest BCUT2D eigenvalue weighted by atomic mass is 10.2. The summed E-state index contributed by atoms with van der Waals surface area (Å²) in [5.74, 6) is 1.16. The first-order chi connectivity index (χ1) is 9.13. The third-order valence-corrected chi connectivity index (χ3v) is 2.81. The highest BCUT2D eigenvalue weighted by Gasteiger charge is 2.10. The van der Waals surface area contributed by atoms with Crippen LogP contribution in [0.2, 0.25) is 5.02 Å². The van der Waals surface area contributed by atoms with Gasteiger partial charge in [-0.2, -0.15) is 0 Å². The number of methoxy groups -OCH3 is 2. The standard InChI is InChI=1S/C13H14ClN3O2/c1-18-12-5-11(13(19-2)4-10(12)14)17-9-3-8(15)6-16-7-9/h3-7,17H,15H2,1-2H3. The van der Waals surface area contributed by atoms with E-state index in [4.69, 9.17) is 26.8 Å². The Kier molecular flexibility index (Phi) is 3.97. The Bertz CT molecular complexity index is 590. The van der Waals surface area contributed by atoms with Gasteiger partial charge in [0, 0.05) is 18.3 Å². The first-order valence-corrected chi connectivity index (χ1v) is 5.91. The smallest absolute Gasteiger partial charge is 0.144 e. The fourth-order valence-corrected chi connectivity index (χ4v) is 1.87. The minimum Gasteiger partial charge on any atom is -0.495 e. The van der Waals surface area contributed by atoms with Crippen LogP contribution >= 0.6 is 11.6 Å². The molecule has 3 N–H and O–H groups in total. The van der Waals surface area contributed by atoms with Crippen LogP contribution in [0.15, 0.2) is 30.6 Å². The number of nitrogens with two attached hydrogens (primary N) is 1. The largest absolute Gasteiger partial charge is 0.495 e. The summed E-state index contributed by atoms with van der Waals surface area (Å²) in [7, 11) is 3.13. The molecule has 0 aliphatic rings. The van der Waals surface area contributed by atoms with Crippen LogP contribution in [0, 0.1) is 0 Å². The average Bonchev–Trinajstić information content (AvgIpc) is 2.40. The van der Waals surface area contributed by atoms with E-state index in [1.165, 1.54) is 0 Å². The predicted molar refractivity (Wildman–Crippen MR) is 76.5 cm³/mol. The molecule has 0 bridgehead atoms. The highest BCUT2D eigenvalue weighted by molar-refractivity contribution is 6.32. The van der Waals surface area contributed by atoms with E-state index in [-0.39, 0.29) is 0 Å². The van der Waals surface area contributed by atoms with Crippen molar-refractivity contribution in [3.05, 3.63) is 35.6 Å². The number of benzene rings is 1. The summed E-state index contributed by atoms with van der Waals surface area (Å²) in [5.41, 5.74) is 7.73. The molecule has 0 unspecified atom stereocenters. The monoisotopic (exact) mass is 279 g/mol. The van der Waals surface area contributed by atoms with Crippen molar-refractivity contribution in [1.82, 2.24) is 4.98 Å². The van der Waals surface area contributed by atoms with Gasteiger partial charge in [0.25, 0.3) is 0 Å². The van der Waals surface area contributed by atoms with E-state index in [1.807, 2.05) is 0 Å². The number of aromatic nitrogens is 1. The van der Waals surface area contributed by atoms with Gasteiger partial charge in [-0.05, 0) is 6.07 Å². The Balaban J connectivity index is 2.38. The number of nitrogens with one attached hydrogen (secondary N) is 1. The van der Waals surface area contributed by atoms with Crippen LogP contribution < -0.4 is 20.5 Å². The Morgan fingerprint density at radius 3 is 2.47 bits per heavy atom. The molecule has 0 spiro atoms. The summed E-state index contributed by atoms with van der Waals surface area (Å²) in [6.45, 7) is 0. The SMILES string of the molecule is COc1cc(Nc2cncc(N)c2)c(OC)cc1Cl. The lowest BCUT2D eigenvalue weighted by Gasteiger charge is -2.14. The average molecular weight is 280 g/mol. The van der Waals surface area contributed by atoms with E-state index in [0.29, 0.717) is 22.2 Å². The Morgan fingerprint density at radius 1 is 1.11 bits per heavy atom. The number of hydrogen-bond acceptors (Lipinski definition) is 5. The minimum atomic E-state index is 0.482. The Hall–Kier alpha value is -2.14. The molecule has 2 rings (SSSR count). The molecule has 0 amide bonds. The van der Waals surface area contributed by atoms with Gasteiger partial charge >= 0.3 is 0 Å². The number of hydrogen-bond donors (Lipinski definition) is 2. The van der Waals surface area contributed by atoms with Crippen molar-refractivity contribution in [3.8, 4) is 11.5 Å². The molecule has 0 saturated heterocycles. The van der Waals surface area contributed by atoms with Crippen molar-refractivity contribution in [2.75, 3.05) is 25.3 Å². The van der Waals surface area contributed by atoms with Crippen LogP contribution in [0.3, 0.4) is 0 Å². The molecule has 0 radical (unpaired) electrons. The van der Waals surface area contributed by atoms with Crippen molar-refractivity contribution in [3.63, 3.8) is 0 Å². The molecule has 0 saturated carbocycles. The van der Waals surface area contributed by atoms with E-state index in [0.717, 1.165) is 11.4 Å². The second-order valence-electron chi connectivity index (χ2n) is 3.82. The van der Waals surface area contributed by atoms with Crippen molar-refractivity contribution >= 4 is 28.7 Å². The molecule has 0 atom stereocenters. The van der Waals surface area contributed by atoms with E-state index >= 15 is 0 Å². The number of nitrogens with zero attached hydrogens (tertiary/aromatic N) is 1. The van der Waals surface area contributed by atoms with Gasteiger partial charge in [-0.1, -0.05) is 11.6 Å². The summed E-state index contributed by atoms with van der Waals surface area (Å²) >= 11 is 6.04. The lowest BCUT2D eigenvalue weighted by molar-refractivity contribution is 0.405. The molecule has 1 aromatic carbocycles. The third kappa shape index (κ3) is 3.00. The van der Waals surface area contributed by atoms with Gasteiger partial charge in [-0.3, -0.25) is 4.98 Å². The summed E-state index contributed by atoms with van der Waals surface area (Å²) < 4.78 is 10.5. The maximum absolute atomic E-state index is 6.04. The van der Waals surface area contributed by atoms with Gasteiger partial charge < -0.3 is 20.5 Å². The molecule has 19 heavy (non-hydrogen) atoms. The molecule has 1 aromatic heterocycles. The maximum atomic E-state index is 6.04. The van der Waals surface area contributed by atoms with Gasteiger partial charge in [0.05, 0.1) is 42.5 Å². The van der Waals surface area contributed by atoms with Crippen molar-refractivity contribution in [1.29, 1.82) is 0 Å². The van der Waals surface area contributed by atoms with Crippen LogP contribution in [-0.4, -0.2) is 19.2 Å². The van der Waals surface area contributed by atoms with Crippen molar-refractivity contribution in [2.24, 2.45) is 0 Å². The van der Waals surface area contributed by atoms with Crippen molar-refractivity contribution < 1.29 is 9.47 Å². The molecule has 0 aliphatic heterocycles. The second-order valence-corrected chi connectivity index (χ2v) is 4.23. The van der Waals surface area contributed by atoms with Crippen molar-refractivity contribution in [2.45, 2.75) is 0 Å². The fourth-order valence-electron chi connectivity index (χ4n) is 1.64. The number of rotatable bonds is 4. The van der Waals surface area contributed by atoms with Crippen LogP contribution in [0.4, 0.5) is 17.1 Å². The van der Waals surface area contributed by atoms with E-state index in [9.17, 15) is 0 Å². The predicted octanol–water partition coefficient (Wildman–Crippen LogP) is 3.08. The highest BCUT2D eigenvalue weighted by Crippen LogP contribution is 2.37. The normalized spacial score (nSPS) is 10.1. The van der Waals surface area contributed by atoms with E-state index in [1.54, 1.807) is 44.8 Å². The fraction of sp³-hybridized carbons (Fsp3) is 0.154. The zero-order valence-corrected chi connectivity index (χ0v) is 11.4. The Labute approximate surface area is 116 Å². The maximum Gasteiger partial charge on any atom is 0.144 e. The van der Waals surface area contributed by atoms with Gasteiger partial charge in [0.15, 0.2) is 0 Å². The number of pyridine rings is 1. The molecule has 6 heteroatoms. The van der Waals surface area contributed by atoms with Gasteiger partial charge in [0.2, 0.25) is 0 Å². The van der Waals surface area contributed by atoms with Crippen LogP contribution in [0.25, 0.3) is 0 Å². The molecule has 0 fully saturated rings. The van der Waals surface area contributed by atoms with Gasteiger partial charge in [0.1, 0.15) is 11.5 Å². The molecule has 1 heterocycles. The summed E-state index contributed by atoms with van der Waals surface area (Å²) in [4.78, 5) is 4.01. The van der Waals surface area contributed by atoms with E-state index < -0.39 is 0 Å². The third-order valence-electron chi connectivity index (χ3n) is 2.51. The Morgan fingerprint density at radius 2 is 1.84 bits per heavy atom. The lowest BCUT2D eigenvalue weighted by Crippen LogP contribution is -1.97. The highest BCUT2D eigenvalue weighted by atomic mass is 35.5. The minimum absolute atomic E-state index is 0.482. The molecular formula is C13H14ClN3O2. The van der Waals surface area contributed by atoms with Gasteiger partial charge in [-0.25, -0.2) is 0 Å². The van der Waals surface area contributed by atoms with Crippen LogP contribution in [0.5, 0.6) is 11.5 Å². The number of halogens is 1. The summed E-state index contributed by atoms with van der Waals surface area (Å²) in [6, 6.07) is 5.21. The zero-order chi connectivity index (χ0) is 13.8. The number of anilines is 3. The zero-order valence-electron chi connectivity index (χ0n) is 10.6. The first-order valence-electron chi connectivity index (χ1n) is 5.53. The molecule has 100 valence electrons. The number of ether oxygens (including phenoxy) is 2. The quantitative estimate of drug-likeness (QED) is 0.900.